The summed E-state index contributed by atoms with van der Waals surface area (Å²) in [6.07, 6.45) is 0. The predicted molar refractivity (Wildman–Crippen MR) is 70.9 cm³/mol. The van der Waals surface area contributed by atoms with Gasteiger partial charge in [-0.2, -0.15) is 0 Å². The van der Waals surface area contributed by atoms with Gasteiger partial charge in [-0.05, 0) is 26.3 Å². The molecule has 0 amide bonds. The lowest BCUT2D eigenvalue weighted by Gasteiger charge is -2.18. The number of benzene rings is 1. The van der Waals surface area contributed by atoms with Gasteiger partial charge in [-0.3, -0.25) is 20.2 Å². The van der Waals surface area contributed by atoms with Crippen molar-refractivity contribution >= 4 is 11.7 Å². The first kappa shape index (κ1) is 15.1. The van der Waals surface area contributed by atoms with E-state index in [2.05, 4.69) is 10.1 Å². The fourth-order valence-electron chi connectivity index (χ4n) is 1.81. The van der Waals surface area contributed by atoms with E-state index >= 15 is 0 Å². The third-order valence-electron chi connectivity index (χ3n) is 2.98. The van der Waals surface area contributed by atoms with Crippen LogP contribution in [0.5, 0.6) is 0 Å². The molecule has 0 fully saturated rings. The van der Waals surface area contributed by atoms with Gasteiger partial charge >= 0.3 is 5.97 Å². The first-order valence-electron chi connectivity index (χ1n) is 5.95. The Morgan fingerprint density at radius 1 is 1.42 bits per heavy atom. The number of carbonyl (C=O) groups excluding carboxylic acids is 1. The maximum absolute atomic E-state index is 11.3. The largest absolute Gasteiger partial charge is 0.468 e. The zero-order chi connectivity index (χ0) is 14.6. The van der Waals surface area contributed by atoms with Crippen LogP contribution in [0.2, 0.25) is 0 Å². The highest BCUT2D eigenvalue weighted by molar-refractivity contribution is 5.75. The molecule has 0 saturated heterocycles. The molecule has 1 aromatic carbocycles. The van der Waals surface area contributed by atoms with Gasteiger partial charge in [-0.1, -0.05) is 12.1 Å². The van der Waals surface area contributed by atoms with Gasteiger partial charge in [-0.25, -0.2) is 0 Å². The molecule has 0 bridgehead atoms. The van der Waals surface area contributed by atoms with Crippen LogP contribution in [0, 0.1) is 17.0 Å². The average molecular weight is 266 g/mol. The van der Waals surface area contributed by atoms with Crippen LogP contribution in [-0.2, 0) is 9.53 Å². The lowest BCUT2D eigenvalue weighted by molar-refractivity contribution is -0.385. The maximum atomic E-state index is 11.3. The molecular formula is C13H18N2O4. The van der Waals surface area contributed by atoms with Crippen LogP contribution in [0.4, 0.5) is 5.69 Å². The molecule has 6 heteroatoms. The van der Waals surface area contributed by atoms with Crippen LogP contribution in [-0.4, -0.2) is 24.0 Å². The van der Waals surface area contributed by atoms with Crippen molar-refractivity contribution in [2.24, 2.45) is 0 Å². The summed E-state index contributed by atoms with van der Waals surface area (Å²) < 4.78 is 4.62. The molecule has 0 aliphatic rings. The van der Waals surface area contributed by atoms with Gasteiger partial charge in [0.25, 0.3) is 5.69 Å². The Morgan fingerprint density at radius 2 is 2.05 bits per heavy atom. The van der Waals surface area contributed by atoms with Crippen LogP contribution in [0.3, 0.4) is 0 Å². The number of esters is 1. The first-order valence-corrected chi connectivity index (χ1v) is 5.95. The lowest BCUT2D eigenvalue weighted by Crippen LogP contribution is -2.36. The minimum absolute atomic E-state index is 0.0804. The molecule has 6 nitrogen and oxygen atoms in total. The molecule has 1 N–H and O–H groups in total. The number of nitro benzene ring substituents is 1. The smallest absolute Gasteiger partial charge is 0.322 e. The number of nitrogens with one attached hydrogen (secondary N) is 1. The molecule has 0 saturated carbocycles. The molecule has 0 aliphatic carbocycles. The molecule has 2 unspecified atom stereocenters. The van der Waals surface area contributed by atoms with Crippen molar-refractivity contribution in [1.29, 1.82) is 0 Å². The summed E-state index contributed by atoms with van der Waals surface area (Å²) in [5.74, 6) is -0.367. The molecule has 104 valence electrons. The first-order chi connectivity index (χ1) is 8.86. The topological polar surface area (TPSA) is 81.5 Å². The van der Waals surface area contributed by atoms with E-state index in [0.717, 1.165) is 5.56 Å². The van der Waals surface area contributed by atoms with Gasteiger partial charge in [0.1, 0.15) is 6.04 Å². The highest BCUT2D eigenvalue weighted by atomic mass is 16.6. The summed E-state index contributed by atoms with van der Waals surface area (Å²) in [4.78, 5) is 21.8. The van der Waals surface area contributed by atoms with Crippen molar-refractivity contribution in [3.05, 3.63) is 39.4 Å². The van der Waals surface area contributed by atoms with Gasteiger partial charge < -0.3 is 4.74 Å². The monoisotopic (exact) mass is 266 g/mol. The van der Waals surface area contributed by atoms with E-state index in [4.69, 9.17) is 0 Å². The highest BCUT2D eigenvalue weighted by Gasteiger charge is 2.19. The molecule has 0 aromatic heterocycles. The molecule has 1 rings (SSSR count). The van der Waals surface area contributed by atoms with Crippen molar-refractivity contribution in [1.82, 2.24) is 5.32 Å². The van der Waals surface area contributed by atoms with E-state index in [1.807, 2.05) is 13.0 Å². The van der Waals surface area contributed by atoms with E-state index in [9.17, 15) is 14.9 Å². The predicted octanol–water partition coefficient (Wildman–Crippen LogP) is 2.12. The quantitative estimate of drug-likeness (QED) is 0.501. The Kier molecular flexibility index (Phi) is 5.00. The normalized spacial score (nSPS) is 13.7. The Labute approximate surface area is 111 Å². The van der Waals surface area contributed by atoms with Crippen LogP contribution in [0.15, 0.2) is 18.2 Å². The van der Waals surface area contributed by atoms with Crippen LogP contribution < -0.4 is 5.32 Å². The summed E-state index contributed by atoms with van der Waals surface area (Å²) in [5.41, 5.74) is 1.45. The van der Waals surface area contributed by atoms with E-state index in [-0.39, 0.29) is 17.7 Å². The Morgan fingerprint density at radius 3 is 2.58 bits per heavy atom. The second kappa shape index (κ2) is 6.29. The Hall–Kier alpha value is -1.95. The zero-order valence-electron chi connectivity index (χ0n) is 11.5. The average Bonchev–Trinajstić information content (AvgIpc) is 2.37. The number of nitro groups is 1. The standard InChI is InChI=1S/C13H18N2O4/c1-8-5-6-11(7-12(8)15(17)18)9(2)14-10(3)13(16)19-4/h5-7,9-10,14H,1-4H3. The SMILES string of the molecule is COC(=O)C(C)NC(C)c1ccc(C)c([N+](=O)[O-])c1. The maximum Gasteiger partial charge on any atom is 0.322 e. The van der Waals surface area contributed by atoms with Crippen molar-refractivity contribution in [2.75, 3.05) is 7.11 Å². The van der Waals surface area contributed by atoms with Crippen molar-refractivity contribution in [3.8, 4) is 0 Å². The van der Waals surface area contributed by atoms with Gasteiger partial charge in [0.05, 0.1) is 12.0 Å². The molecule has 0 aliphatic heterocycles. The van der Waals surface area contributed by atoms with E-state index < -0.39 is 11.0 Å². The minimum Gasteiger partial charge on any atom is -0.468 e. The summed E-state index contributed by atoms with van der Waals surface area (Å²) in [5, 5.41) is 13.9. The number of methoxy groups -OCH3 is 1. The van der Waals surface area contributed by atoms with E-state index in [1.165, 1.54) is 13.2 Å². The fraction of sp³-hybridized carbons (Fsp3) is 0.462. The second-order valence-electron chi connectivity index (χ2n) is 4.44. The Bertz CT molecular complexity index is 488. The van der Waals surface area contributed by atoms with Gasteiger partial charge in [0, 0.05) is 17.7 Å². The number of hydrogen-bond acceptors (Lipinski definition) is 5. The minimum atomic E-state index is -0.472. The lowest BCUT2D eigenvalue weighted by atomic mass is 10.0. The number of nitrogens with zero attached hydrogens (tertiary/aromatic N) is 1. The summed E-state index contributed by atoms with van der Waals surface area (Å²) in [6, 6.07) is 4.38. The van der Waals surface area contributed by atoms with Gasteiger partial charge in [-0.15, -0.1) is 0 Å². The molecule has 0 radical (unpaired) electrons. The van der Waals surface area contributed by atoms with Gasteiger partial charge in [0.15, 0.2) is 0 Å². The number of aryl methyl sites for hydroxylation is 1. The molecule has 1 aromatic rings. The fourth-order valence-corrected chi connectivity index (χ4v) is 1.81. The number of rotatable bonds is 5. The van der Waals surface area contributed by atoms with E-state index in [0.29, 0.717) is 5.56 Å². The second-order valence-corrected chi connectivity index (χ2v) is 4.44. The van der Waals surface area contributed by atoms with Gasteiger partial charge in [0.2, 0.25) is 0 Å². The molecule has 2 atom stereocenters. The van der Waals surface area contributed by atoms with Crippen molar-refractivity contribution < 1.29 is 14.5 Å². The third kappa shape index (κ3) is 3.75. The van der Waals surface area contributed by atoms with Crippen LogP contribution >= 0.6 is 0 Å². The zero-order valence-corrected chi connectivity index (χ0v) is 11.5. The summed E-state index contributed by atoms with van der Waals surface area (Å²) in [6.45, 7) is 5.22. The summed E-state index contributed by atoms with van der Waals surface area (Å²) >= 11 is 0. The van der Waals surface area contributed by atoms with E-state index in [1.54, 1.807) is 19.9 Å². The molecule has 0 heterocycles. The number of carbonyl (C=O) groups is 1. The molecular weight excluding hydrogens is 248 g/mol. The van der Waals surface area contributed by atoms with Crippen LogP contribution in [0.1, 0.15) is 31.0 Å². The van der Waals surface area contributed by atoms with Crippen LogP contribution in [0.25, 0.3) is 0 Å². The molecule has 19 heavy (non-hydrogen) atoms. The highest BCUT2D eigenvalue weighted by Crippen LogP contribution is 2.23. The number of ether oxygens (including phenoxy) is 1. The Balaban J connectivity index is 2.88. The van der Waals surface area contributed by atoms with Crippen molar-refractivity contribution in [3.63, 3.8) is 0 Å². The third-order valence-corrected chi connectivity index (χ3v) is 2.98. The van der Waals surface area contributed by atoms with Crippen molar-refractivity contribution in [2.45, 2.75) is 32.9 Å². The number of hydrogen-bond donors (Lipinski definition) is 1. The molecule has 0 spiro atoms. The summed E-state index contributed by atoms with van der Waals surface area (Å²) in [7, 11) is 1.32.